The molecule has 0 aliphatic rings. The van der Waals surface area contributed by atoms with E-state index in [1.54, 1.807) is 0 Å². The van der Waals surface area contributed by atoms with Crippen molar-refractivity contribution in [1.82, 2.24) is 24.8 Å². The minimum absolute atomic E-state index is 0.417. The van der Waals surface area contributed by atoms with Gasteiger partial charge in [0.2, 0.25) is 0 Å². The third kappa shape index (κ3) is 0.867. The Bertz CT molecular complexity index is 365. The van der Waals surface area contributed by atoms with Gasteiger partial charge in [-0.15, -0.1) is 9.73 Å². The van der Waals surface area contributed by atoms with Crippen LogP contribution >= 0.6 is 0 Å². The van der Waals surface area contributed by atoms with Crippen molar-refractivity contribution in [1.29, 1.82) is 0 Å². The molecule has 7 nitrogen and oxygen atoms in total. The molecule has 0 aliphatic carbocycles. The average Bonchev–Trinajstić information content (AvgIpc) is 2.50. The Hall–Kier alpha value is -1.76. The molecular weight excluding hydrogens is 146 g/mol. The first-order chi connectivity index (χ1) is 5.40. The van der Waals surface area contributed by atoms with Crippen molar-refractivity contribution < 1.29 is 0 Å². The molecule has 3 N–H and O–H groups in total. The van der Waals surface area contributed by atoms with Crippen molar-refractivity contribution in [3.8, 4) is 0 Å². The highest BCUT2D eigenvalue weighted by Gasteiger charge is 1.97. The summed E-state index contributed by atoms with van der Waals surface area (Å²) in [5.41, 5.74) is 2.35. The highest BCUT2D eigenvalue weighted by molar-refractivity contribution is 5.36. The lowest BCUT2D eigenvalue weighted by molar-refractivity contribution is 0.783. The molecule has 2 rings (SSSR count). The minimum Gasteiger partial charge on any atom is -0.307 e. The van der Waals surface area contributed by atoms with Crippen molar-refractivity contribution in [3.63, 3.8) is 0 Å². The number of nitrogens with two attached hydrogens (primary N) is 1. The van der Waals surface area contributed by atoms with Crippen LogP contribution in [0.3, 0.4) is 0 Å². The standard InChI is InChI=1S/C4H5N7/c5-10-3-1-7-11-4(9-3)6-2-8-11/h1-2H,5H2,(H,6,8,9,10). The molecule has 7 heteroatoms. The van der Waals surface area contributed by atoms with Gasteiger partial charge in [-0.25, -0.2) is 5.84 Å². The molecule has 0 aromatic carbocycles. The summed E-state index contributed by atoms with van der Waals surface area (Å²) in [7, 11) is 0. The van der Waals surface area contributed by atoms with Gasteiger partial charge in [0.05, 0.1) is 6.20 Å². The van der Waals surface area contributed by atoms with Gasteiger partial charge >= 0.3 is 0 Å². The van der Waals surface area contributed by atoms with Crippen molar-refractivity contribution in [2.24, 2.45) is 5.84 Å². The van der Waals surface area contributed by atoms with Gasteiger partial charge in [0, 0.05) is 0 Å². The summed E-state index contributed by atoms with van der Waals surface area (Å²) >= 11 is 0. The number of nitrogens with zero attached hydrogens (tertiary/aromatic N) is 5. The van der Waals surface area contributed by atoms with Crippen LogP contribution in [0, 0.1) is 0 Å². The predicted molar refractivity (Wildman–Crippen MR) is 36.4 cm³/mol. The normalized spacial score (nSPS) is 10.3. The molecule has 56 valence electrons. The zero-order valence-corrected chi connectivity index (χ0v) is 5.47. The molecule has 0 saturated carbocycles. The van der Waals surface area contributed by atoms with E-state index in [1.165, 1.54) is 17.2 Å². The minimum atomic E-state index is 0.417. The van der Waals surface area contributed by atoms with E-state index in [1.807, 2.05) is 0 Å². The van der Waals surface area contributed by atoms with Gasteiger partial charge in [0.25, 0.3) is 5.78 Å². The van der Waals surface area contributed by atoms with Crippen LogP contribution in [0.15, 0.2) is 12.5 Å². The summed E-state index contributed by atoms with van der Waals surface area (Å²) in [4.78, 5) is 7.75. The lowest BCUT2D eigenvalue weighted by Crippen LogP contribution is -2.10. The second-order valence-corrected chi connectivity index (χ2v) is 1.84. The van der Waals surface area contributed by atoms with Crippen LogP contribution in [0.2, 0.25) is 0 Å². The van der Waals surface area contributed by atoms with Crippen LogP contribution < -0.4 is 11.3 Å². The van der Waals surface area contributed by atoms with Crippen LogP contribution in [0.25, 0.3) is 5.78 Å². The summed E-state index contributed by atoms with van der Waals surface area (Å²) in [6.07, 6.45) is 2.83. The Morgan fingerprint density at radius 1 is 1.45 bits per heavy atom. The third-order valence-corrected chi connectivity index (χ3v) is 1.17. The Morgan fingerprint density at radius 2 is 2.36 bits per heavy atom. The highest BCUT2D eigenvalue weighted by Crippen LogP contribution is 1.97. The van der Waals surface area contributed by atoms with Gasteiger partial charge in [-0.05, 0) is 0 Å². The maximum atomic E-state index is 5.10. The summed E-state index contributed by atoms with van der Waals surface area (Å²) in [6, 6.07) is 0. The van der Waals surface area contributed by atoms with Crippen LogP contribution in [0.5, 0.6) is 0 Å². The number of hydrogen-bond donors (Lipinski definition) is 2. The van der Waals surface area contributed by atoms with E-state index in [2.05, 4.69) is 25.6 Å². The molecule has 0 saturated heterocycles. The monoisotopic (exact) mass is 151 g/mol. The molecular formula is C4H5N7. The summed E-state index contributed by atoms with van der Waals surface area (Å²) in [5.74, 6) is 5.98. The van der Waals surface area contributed by atoms with E-state index in [9.17, 15) is 0 Å². The predicted octanol–water partition coefficient (Wildman–Crippen LogP) is -1.20. The van der Waals surface area contributed by atoms with Gasteiger partial charge in [0.1, 0.15) is 6.33 Å². The first-order valence-corrected chi connectivity index (χ1v) is 2.90. The molecule has 2 heterocycles. The fourth-order valence-electron chi connectivity index (χ4n) is 0.700. The zero-order valence-electron chi connectivity index (χ0n) is 5.47. The summed E-state index contributed by atoms with van der Waals surface area (Å²) < 4.78 is 1.31. The number of rotatable bonds is 1. The van der Waals surface area contributed by atoms with Crippen molar-refractivity contribution in [2.45, 2.75) is 0 Å². The average molecular weight is 151 g/mol. The van der Waals surface area contributed by atoms with E-state index in [0.717, 1.165) is 0 Å². The first kappa shape index (κ1) is 5.98. The largest absolute Gasteiger partial charge is 0.307 e. The molecule has 0 fully saturated rings. The van der Waals surface area contributed by atoms with E-state index in [4.69, 9.17) is 5.84 Å². The number of hydrazine groups is 1. The fourth-order valence-corrected chi connectivity index (χ4v) is 0.700. The van der Waals surface area contributed by atoms with E-state index >= 15 is 0 Å². The third-order valence-electron chi connectivity index (χ3n) is 1.17. The van der Waals surface area contributed by atoms with Crippen molar-refractivity contribution >= 4 is 11.6 Å². The maximum absolute atomic E-state index is 5.10. The second-order valence-electron chi connectivity index (χ2n) is 1.84. The van der Waals surface area contributed by atoms with Gasteiger partial charge in [0.15, 0.2) is 5.82 Å². The Kier molecular flexibility index (Phi) is 1.16. The number of nitrogens with one attached hydrogen (secondary N) is 1. The molecule has 2 aromatic heterocycles. The highest BCUT2D eigenvalue weighted by atomic mass is 15.5. The molecule has 0 radical (unpaired) electrons. The lowest BCUT2D eigenvalue weighted by atomic mass is 10.7. The zero-order chi connectivity index (χ0) is 7.68. The van der Waals surface area contributed by atoms with E-state index in [-0.39, 0.29) is 0 Å². The van der Waals surface area contributed by atoms with Crippen LogP contribution in [0.1, 0.15) is 0 Å². The maximum Gasteiger partial charge on any atom is 0.272 e. The molecule has 0 atom stereocenters. The summed E-state index contributed by atoms with van der Waals surface area (Å²) in [6.45, 7) is 0. The quantitative estimate of drug-likeness (QED) is 0.393. The molecule has 2 aromatic rings. The molecule has 0 spiro atoms. The Balaban J connectivity index is 2.67. The number of hydrogen-bond acceptors (Lipinski definition) is 6. The molecule has 0 unspecified atom stereocenters. The number of nitrogen functional groups attached to an aromatic ring is 1. The number of fused-ring (bicyclic) bond motifs is 1. The topological polar surface area (TPSA) is 94.0 Å². The van der Waals surface area contributed by atoms with Gasteiger partial charge in [-0.2, -0.15) is 15.1 Å². The van der Waals surface area contributed by atoms with Gasteiger partial charge in [-0.1, -0.05) is 0 Å². The molecule has 0 aliphatic heterocycles. The second kappa shape index (κ2) is 2.13. The van der Waals surface area contributed by atoms with Crippen LogP contribution in [-0.4, -0.2) is 24.8 Å². The van der Waals surface area contributed by atoms with Crippen molar-refractivity contribution in [2.75, 3.05) is 5.43 Å². The van der Waals surface area contributed by atoms with Crippen LogP contribution in [-0.2, 0) is 0 Å². The lowest BCUT2D eigenvalue weighted by Gasteiger charge is -1.95. The fraction of sp³-hybridized carbons (Fsp3) is 0. The Labute approximate surface area is 61.2 Å². The molecule has 0 bridgehead atoms. The number of anilines is 1. The number of aromatic nitrogens is 5. The van der Waals surface area contributed by atoms with Crippen molar-refractivity contribution in [3.05, 3.63) is 12.5 Å². The SMILES string of the molecule is NNc1cnn2ncnc2n1. The Morgan fingerprint density at radius 3 is 3.18 bits per heavy atom. The molecule has 11 heavy (non-hydrogen) atoms. The summed E-state index contributed by atoms with van der Waals surface area (Å²) in [5, 5.41) is 7.61. The van der Waals surface area contributed by atoms with Gasteiger partial charge < -0.3 is 5.43 Å². The molecule has 0 amide bonds. The van der Waals surface area contributed by atoms with E-state index in [0.29, 0.717) is 11.6 Å². The van der Waals surface area contributed by atoms with Gasteiger partial charge in [-0.3, -0.25) is 0 Å². The van der Waals surface area contributed by atoms with Crippen LogP contribution in [0.4, 0.5) is 5.82 Å². The smallest absolute Gasteiger partial charge is 0.272 e. The van der Waals surface area contributed by atoms with E-state index < -0.39 is 0 Å². The first-order valence-electron chi connectivity index (χ1n) is 2.90.